The average molecular weight is 226 g/mol. The number of methoxy groups -OCH3 is 2. The first-order valence-corrected chi connectivity index (χ1v) is 4.61. The molecule has 1 heterocycles. The predicted molar refractivity (Wildman–Crippen MR) is 57.7 cm³/mol. The Hall–Kier alpha value is -2.05. The fraction of sp³-hybridized carbons (Fsp3) is 0.444. The third-order valence-corrected chi connectivity index (χ3v) is 1.78. The minimum Gasteiger partial charge on any atom is -0.481 e. The normalized spacial score (nSPS) is 9.44. The molecule has 0 atom stereocenters. The van der Waals surface area contributed by atoms with Gasteiger partial charge in [0.15, 0.2) is 0 Å². The molecular weight excluding hydrogens is 212 g/mol. The van der Waals surface area contributed by atoms with E-state index in [2.05, 4.69) is 20.6 Å². The van der Waals surface area contributed by atoms with Gasteiger partial charge in [0.05, 0.1) is 26.8 Å². The topological polar surface area (TPSA) is 85.4 Å². The van der Waals surface area contributed by atoms with Gasteiger partial charge in [-0.15, -0.1) is 0 Å². The molecule has 1 aromatic rings. The van der Waals surface area contributed by atoms with Crippen molar-refractivity contribution in [3.63, 3.8) is 0 Å². The largest absolute Gasteiger partial charge is 0.481 e. The predicted octanol–water partition coefficient (Wildman–Crippen LogP) is -0.348. The number of hydrogen-bond acceptors (Lipinski definition) is 6. The van der Waals surface area contributed by atoms with Gasteiger partial charge in [0.25, 0.3) is 0 Å². The van der Waals surface area contributed by atoms with Crippen LogP contribution < -0.4 is 20.1 Å². The molecule has 0 bridgehead atoms. The van der Waals surface area contributed by atoms with Crippen molar-refractivity contribution in [2.24, 2.45) is 0 Å². The number of anilines is 1. The van der Waals surface area contributed by atoms with Crippen molar-refractivity contribution >= 4 is 11.9 Å². The van der Waals surface area contributed by atoms with E-state index in [9.17, 15) is 4.79 Å². The maximum Gasteiger partial charge on any atom is 0.239 e. The number of ether oxygens (including phenoxy) is 2. The molecule has 7 heteroatoms. The molecule has 7 nitrogen and oxygen atoms in total. The van der Waals surface area contributed by atoms with Gasteiger partial charge in [-0.3, -0.25) is 4.79 Å². The molecule has 0 radical (unpaired) electrons. The lowest BCUT2D eigenvalue weighted by Gasteiger charge is -2.07. The highest BCUT2D eigenvalue weighted by atomic mass is 16.5. The van der Waals surface area contributed by atoms with E-state index in [4.69, 9.17) is 9.47 Å². The van der Waals surface area contributed by atoms with E-state index >= 15 is 0 Å². The minimum atomic E-state index is -0.162. The number of hydrogen-bond donors (Lipinski definition) is 2. The molecule has 1 aromatic heterocycles. The second-order valence-corrected chi connectivity index (χ2v) is 2.80. The molecule has 88 valence electrons. The van der Waals surface area contributed by atoms with Crippen LogP contribution in [-0.4, -0.2) is 43.7 Å². The summed E-state index contributed by atoms with van der Waals surface area (Å²) >= 11 is 0. The highest BCUT2D eigenvalue weighted by molar-refractivity contribution is 5.79. The van der Waals surface area contributed by atoms with Gasteiger partial charge in [0, 0.05) is 7.05 Å². The lowest BCUT2D eigenvalue weighted by molar-refractivity contribution is -0.118. The molecule has 0 aliphatic carbocycles. The molecule has 16 heavy (non-hydrogen) atoms. The van der Waals surface area contributed by atoms with Crippen molar-refractivity contribution in [3.8, 4) is 11.8 Å². The first kappa shape index (κ1) is 12.0. The summed E-state index contributed by atoms with van der Waals surface area (Å²) in [6.07, 6.45) is 0. The Morgan fingerprint density at radius 2 is 1.88 bits per heavy atom. The van der Waals surface area contributed by atoms with Crippen molar-refractivity contribution in [1.29, 1.82) is 0 Å². The molecule has 0 saturated carbocycles. The van der Waals surface area contributed by atoms with Crippen LogP contribution in [0.3, 0.4) is 0 Å². The molecular formula is C9H14N4O3. The number of amides is 1. The van der Waals surface area contributed by atoms with E-state index in [1.807, 2.05) is 0 Å². The molecule has 0 unspecified atom stereocenters. The van der Waals surface area contributed by atoms with Crippen LogP contribution in [0.4, 0.5) is 5.95 Å². The number of nitrogens with zero attached hydrogens (tertiary/aromatic N) is 2. The van der Waals surface area contributed by atoms with E-state index in [1.54, 1.807) is 13.1 Å². The SMILES string of the molecule is CNC(=O)CNc1nc(OC)cc(OC)n1. The molecule has 2 N–H and O–H groups in total. The van der Waals surface area contributed by atoms with Gasteiger partial charge in [-0.2, -0.15) is 9.97 Å². The van der Waals surface area contributed by atoms with Crippen LogP contribution >= 0.6 is 0 Å². The van der Waals surface area contributed by atoms with Crippen molar-refractivity contribution in [3.05, 3.63) is 6.07 Å². The summed E-state index contributed by atoms with van der Waals surface area (Å²) in [6.45, 7) is 0.0901. The van der Waals surface area contributed by atoms with Crippen LogP contribution in [0.1, 0.15) is 0 Å². The third-order valence-electron chi connectivity index (χ3n) is 1.78. The first-order chi connectivity index (χ1) is 7.69. The van der Waals surface area contributed by atoms with Crippen LogP contribution in [0, 0.1) is 0 Å². The Kier molecular flexibility index (Phi) is 4.31. The molecule has 0 aromatic carbocycles. The maximum absolute atomic E-state index is 11.0. The van der Waals surface area contributed by atoms with Gasteiger partial charge in [0.1, 0.15) is 0 Å². The molecule has 0 spiro atoms. The van der Waals surface area contributed by atoms with E-state index in [1.165, 1.54) is 14.2 Å². The second kappa shape index (κ2) is 5.74. The average Bonchev–Trinajstić information content (AvgIpc) is 2.35. The Labute approximate surface area is 93.2 Å². The number of rotatable bonds is 5. The quantitative estimate of drug-likeness (QED) is 0.714. The lowest BCUT2D eigenvalue weighted by atomic mass is 10.5. The van der Waals surface area contributed by atoms with Crippen LogP contribution in [0.25, 0.3) is 0 Å². The molecule has 0 aliphatic heterocycles. The maximum atomic E-state index is 11.0. The zero-order chi connectivity index (χ0) is 12.0. The Morgan fingerprint density at radius 3 is 2.31 bits per heavy atom. The minimum absolute atomic E-state index is 0.0901. The fourth-order valence-electron chi connectivity index (χ4n) is 0.940. The van der Waals surface area contributed by atoms with Crippen molar-refractivity contribution in [2.75, 3.05) is 33.1 Å². The fourth-order valence-corrected chi connectivity index (χ4v) is 0.940. The Morgan fingerprint density at radius 1 is 1.31 bits per heavy atom. The van der Waals surface area contributed by atoms with Gasteiger partial charge in [-0.1, -0.05) is 0 Å². The molecule has 1 amide bonds. The van der Waals surface area contributed by atoms with Gasteiger partial charge in [-0.25, -0.2) is 0 Å². The van der Waals surface area contributed by atoms with E-state index in [0.29, 0.717) is 11.8 Å². The number of aromatic nitrogens is 2. The van der Waals surface area contributed by atoms with Crippen molar-refractivity contribution in [1.82, 2.24) is 15.3 Å². The van der Waals surface area contributed by atoms with Gasteiger partial charge in [-0.05, 0) is 0 Å². The van der Waals surface area contributed by atoms with Crippen molar-refractivity contribution in [2.45, 2.75) is 0 Å². The van der Waals surface area contributed by atoms with E-state index in [0.717, 1.165) is 0 Å². The second-order valence-electron chi connectivity index (χ2n) is 2.80. The highest BCUT2D eigenvalue weighted by Crippen LogP contribution is 2.16. The standard InChI is InChI=1S/C9H14N4O3/c1-10-6(14)5-11-9-12-7(15-2)4-8(13-9)16-3/h4H,5H2,1-3H3,(H,10,14)(H,11,12,13). The summed E-state index contributed by atoms with van der Waals surface area (Å²) in [7, 11) is 4.53. The van der Waals surface area contributed by atoms with Gasteiger partial charge >= 0.3 is 0 Å². The van der Waals surface area contributed by atoms with E-state index in [-0.39, 0.29) is 18.4 Å². The highest BCUT2D eigenvalue weighted by Gasteiger charge is 2.06. The van der Waals surface area contributed by atoms with Crippen LogP contribution in [0.2, 0.25) is 0 Å². The van der Waals surface area contributed by atoms with Crippen LogP contribution in [-0.2, 0) is 4.79 Å². The Bertz CT molecular complexity index is 348. The molecule has 0 saturated heterocycles. The third kappa shape index (κ3) is 3.26. The van der Waals surface area contributed by atoms with Gasteiger partial charge in [0.2, 0.25) is 23.6 Å². The lowest BCUT2D eigenvalue weighted by Crippen LogP contribution is -2.26. The summed E-state index contributed by atoms with van der Waals surface area (Å²) in [5, 5.41) is 5.22. The number of carbonyl (C=O) groups excluding carboxylic acids is 1. The molecule has 0 aliphatic rings. The zero-order valence-corrected chi connectivity index (χ0v) is 9.40. The summed E-state index contributed by atoms with van der Waals surface area (Å²) in [5.41, 5.74) is 0. The number of likely N-dealkylation sites (N-methyl/N-ethyl adjacent to an activating group) is 1. The Balaban J connectivity index is 2.74. The summed E-state index contributed by atoms with van der Waals surface area (Å²) in [6, 6.07) is 1.55. The summed E-state index contributed by atoms with van der Waals surface area (Å²) < 4.78 is 9.92. The summed E-state index contributed by atoms with van der Waals surface area (Å²) in [5.74, 6) is 0.850. The first-order valence-electron chi connectivity index (χ1n) is 4.61. The van der Waals surface area contributed by atoms with Crippen LogP contribution in [0.15, 0.2) is 6.07 Å². The summed E-state index contributed by atoms with van der Waals surface area (Å²) in [4.78, 5) is 19.0. The number of nitrogens with one attached hydrogen (secondary N) is 2. The molecule has 0 fully saturated rings. The molecule has 1 rings (SSSR count). The van der Waals surface area contributed by atoms with Gasteiger partial charge < -0.3 is 20.1 Å². The monoisotopic (exact) mass is 226 g/mol. The van der Waals surface area contributed by atoms with Crippen LogP contribution in [0.5, 0.6) is 11.8 Å². The van der Waals surface area contributed by atoms with E-state index < -0.39 is 0 Å². The van der Waals surface area contributed by atoms with Crippen molar-refractivity contribution < 1.29 is 14.3 Å². The zero-order valence-electron chi connectivity index (χ0n) is 9.40. The smallest absolute Gasteiger partial charge is 0.239 e. The number of carbonyl (C=O) groups is 1.